The zero-order chi connectivity index (χ0) is 19.4. The fraction of sp³-hybridized carbons (Fsp3) is 0.167. The third-order valence-corrected chi connectivity index (χ3v) is 4.37. The summed E-state index contributed by atoms with van der Waals surface area (Å²) in [5.41, 5.74) is 1.06. The molecular weight excluding hydrogens is 391 g/mol. The van der Waals surface area contributed by atoms with Gasteiger partial charge in [-0.3, -0.25) is 5.10 Å². The van der Waals surface area contributed by atoms with Crippen molar-refractivity contribution in [1.29, 1.82) is 0 Å². The number of rotatable bonds is 6. The minimum absolute atomic E-state index is 0.0152. The Morgan fingerprint density at radius 3 is 2.81 bits per heavy atom. The monoisotopic (exact) mass is 406 g/mol. The molecule has 1 aromatic heterocycles. The topological polar surface area (TPSA) is 64.4 Å². The maximum Gasteiger partial charge on any atom is 0.216 e. The maximum absolute atomic E-state index is 13.9. The van der Waals surface area contributed by atoms with Gasteiger partial charge >= 0.3 is 0 Å². The number of H-pyrrole nitrogens is 1. The summed E-state index contributed by atoms with van der Waals surface area (Å²) < 4.78 is 26.8. The van der Waals surface area contributed by atoms with Gasteiger partial charge in [0.05, 0.1) is 18.3 Å². The van der Waals surface area contributed by atoms with Gasteiger partial charge < -0.3 is 9.47 Å². The van der Waals surface area contributed by atoms with Crippen LogP contribution in [0.2, 0.25) is 5.02 Å². The van der Waals surface area contributed by atoms with Gasteiger partial charge in [0.15, 0.2) is 11.5 Å². The van der Waals surface area contributed by atoms with E-state index in [1.807, 2.05) is 0 Å². The molecule has 27 heavy (non-hydrogen) atoms. The van der Waals surface area contributed by atoms with Crippen molar-refractivity contribution in [3.05, 3.63) is 69.0 Å². The molecule has 9 heteroatoms. The van der Waals surface area contributed by atoms with Crippen LogP contribution in [-0.4, -0.2) is 28.2 Å². The van der Waals surface area contributed by atoms with Gasteiger partial charge in [-0.1, -0.05) is 17.7 Å². The molecule has 1 heterocycles. The van der Waals surface area contributed by atoms with Crippen LogP contribution in [-0.2, 0) is 6.61 Å². The minimum Gasteiger partial charge on any atom is -0.493 e. The lowest BCUT2D eigenvalue weighted by molar-refractivity contribution is 0.280. The molecule has 6 nitrogen and oxygen atoms in total. The second kappa shape index (κ2) is 8.32. The molecule has 0 spiro atoms. The van der Waals surface area contributed by atoms with Gasteiger partial charge in [0.25, 0.3) is 0 Å². The summed E-state index contributed by atoms with van der Waals surface area (Å²) in [5, 5.41) is 11.2. The molecule has 140 valence electrons. The number of methoxy groups -OCH3 is 1. The first-order valence-corrected chi connectivity index (χ1v) is 8.70. The number of hydrogen-bond donors (Lipinski definition) is 1. The number of aromatic amines is 1. The average Bonchev–Trinajstić information content (AvgIpc) is 2.98. The minimum atomic E-state index is -0.419. The molecule has 0 amide bonds. The number of aromatic nitrogens is 3. The Balaban J connectivity index is 1.79. The van der Waals surface area contributed by atoms with Crippen LogP contribution >= 0.6 is 23.8 Å². The van der Waals surface area contributed by atoms with E-state index in [1.54, 1.807) is 43.5 Å². The summed E-state index contributed by atoms with van der Waals surface area (Å²) in [4.78, 5) is 0. The Kier molecular flexibility index (Phi) is 5.88. The van der Waals surface area contributed by atoms with E-state index in [2.05, 4.69) is 15.3 Å². The van der Waals surface area contributed by atoms with E-state index in [0.29, 0.717) is 27.1 Å². The summed E-state index contributed by atoms with van der Waals surface area (Å²) in [6.07, 6.45) is 1.62. The zero-order valence-corrected chi connectivity index (χ0v) is 16.1. The van der Waals surface area contributed by atoms with Gasteiger partial charge in [-0.15, -0.1) is 0 Å². The SMILES string of the molecule is COc1cc(/C=N\n2c(C)n[nH]c2=S)ccc1OCc1c(F)cccc1Cl. The van der Waals surface area contributed by atoms with Gasteiger partial charge in [-0.2, -0.15) is 14.9 Å². The van der Waals surface area contributed by atoms with Crippen molar-refractivity contribution in [1.82, 2.24) is 14.9 Å². The normalized spacial score (nSPS) is 11.1. The lowest BCUT2D eigenvalue weighted by Crippen LogP contribution is -2.01. The molecule has 0 fully saturated rings. The number of nitrogens with zero attached hydrogens (tertiary/aromatic N) is 3. The van der Waals surface area contributed by atoms with Crippen molar-refractivity contribution in [2.24, 2.45) is 5.10 Å². The Hall–Kier alpha value is -2.71. The highest BCUT2D eigenvalue weighted by molar-refractivity contribution is 7.71. The molecule has 0 aliphatic rings. The van der Waals surface area contributed by atoms with Crippen molar-refractivity contribution >= 4 is 30.0 Å². The first kappa shape index (κ1) is 19.1. The number of benzene rings is 2. The van der Waals surface area contributed by atoms with E-state index in [1.165, 1.54) is 17.9 Å². The third kappa shape index (κ3) is 4.35. The average molecular weight is 407 g/mol. The van der Waals surface area contributed by atoms with E-state index < -0.39 is 5.82 Å². The van der Waals surface area contributed by atoms with E-state index in [9.17, 15) is 4.39 Å². The largest absolute Gasteiger partial charge is 0.493 e. The van der Waals surface area contributed by atoms with Crippen LogP contribution in [0.25, 0.3) is 0 Å². The fourth-order valence-electron chi connectivity index (χ4n) is 2.33. The molecular formula is C18H16ClFN4O2S. The summed E-state index contributed by atoms with van der Waals surface area (Å²) in [5.74, 6) is 1.17. The predicted octanol–water partition coefficient (Wildman–Crippen LogP) is 4.51. The molecule has 0 bridgehead atoms. The summed E-state index contributed by atoms with van der Waals surface area (Å²) >= 11 is 11.1. The fourth-order valence-corrected chi connectivity index (χ4v) is 2.78. The van der Waals surface area contributed by atoms with Gasteiger partial charge in [0.2, 0.25) is 4.77 Å². The molecule has 0 aliphatic carbocycles. The lowest BCUT2D eigenvalue weighted by atomic mass is 10.2. The number of aryl methyl sites for hydroxylation is 1. The van der Waals surface area contributed by atoms with Crippen molar-refractivity contribution < 1.29 is 13.9 Å². The van der Waals surface area contributed by atoms with Crippen LogP contribution in [0, 0.1) is 17.5 Å². The van der Waals surface area contributed by atoms with Gasteiger partial charge in [-0.05, 0) is 55.0 Å². The molecule has 0 radical (unpaired) electrons. The van der Waals surface area contributed by atoms with Gasteiger partial charge in [-0.25, -0.2) is 4.39 Å². The Morgan fingerprint density at radius 1 is 1.33 bits per heavy atom. The number of hydrogen-bond acceptors (Lipinski definition) is 5. The molecule has 0 atom stereocenters. The number of halogens is 2. The summed E-state index contributed by atoms with van der Waals surface area (Å²) in [7, 11) is 1.52. The first-order valence-electron chi connectivity index (χ1n) is 7.91. The number of ether oxygens (including phenoxy) is 2. The van der Waals surface area contributed by atoms with E-state index >= 15 is 0 Å². The standard InChI is InChI=1S/C18H16ClFN4O2S/c1-11-22-23-18(27)24(11)21-9-12-6-7-16(17(8-12)25-2)26-10-13-14(19)4-3-5-15(13)20/h3-9H,10H2,1-2H3,(H,23,27)/b21-9-. The Morgan fingerprint density at radius 2 is 2.15 bits per heavy atom. The zero-order valence-electron chi connectivity index (χ0n) is 14.6. The van der Waals surface area contributed by atoms with E-state index in [4.69, 9.17) is 33.3 Å². The van der Waals surface area contributed by atoms with Gasteiger partial charge in [0, 0.05) is 5.56 Å². The molecule has 2 aromatic carbocycles. The van der Waals surface area contributed by atoms with Crippen molar-refractivity contribution in [3.63, 3.8) is 0 Å². The highest BCUT2D eigenvalue weighted by atomic mass is 35.5. The van der Waals surface area contributed by atoms with Crippen LogP contribution in [0.15, 0.2) is 41.5 Å². The maximum atomic E-state index is 13.9. The van der Waals surface area contributed by atoms with Crippen LogP contribution in [0.5, 0.6) is 11.5 Å². The summed E-state index contributed by atoms with van der Waals surface area (Å²) in [6.45, 7) is 1.77. The first-order chi connectivity index (χ1) is 13.0. The molecule has 3 aromatic rings. The molecule has 1 N–H and O–H groups in total. The predicted molar refractivity (Wildman–Crippen MR) is 104 cm³/mol. The summed E-state index contributed by atoms with van der Waals surface area (Å²) in [6, 6.07) is 9.76. The van der Waals surface area contributed by atoms with Crippen LogP contribution in [0.1, 0.15) is 17.0 Å². The second-order valence-corrected chi connectivity index (χ2v) is 6.33. The molecule has 0 saturated carbocycles. The molecule has 0 saturated heterocycles. The van der Waals surface area contributed by atoms with Crippen LogP contribution < -0.4 is 9.47 Å². The lowest BCUT2D eigenvalue weighted by Gasteiger charge is -2.12. The highest BCUT2D eigenvalue weighted by Gasteiger charge is 2.10. The molecule has 0 aliphatic heterocycles. The Bertz CT molecular complexity index is 1030. The van der Waals surface area contributed by atoms with Crippen LogP contribution in [0.3, 0.4) is 0 Å². The number of nitrogens with one attached hydrogen (secondary N) is 1. The molecule has 0 unspecified atom stereocenters. The quantitative estimate of drug-likeness (QED) is 0.483. The Labute approximate surface area is 165 Å². The van der Waals surface area contributed by atoms with Gasteiger partial charge in [0.1, 0.15) is 18.2 Å². The highest BCUT2D eigenvalue weighted by Crippen LogP contribution is 2.29. The van der Waals surface area contributed by atoms with E-state index in [-0.39, 0.29) is 12.2 Å². The van der Waals surface area contributed by atoms with Crippen molar-refractivity contribution in [3.8, 4) is 11.5 Å². The smallest absolute Gasteiger partial charge is 0.216 e. The second-order valence-electron chi connectivity index (χ2n) is 5.53. The van der Waals surface area contributed by atoms with Crippen LogP contribution in [0.4, 0.5) is 4.39 Å². The van der Waals surface area contributed by atoms with E-state index in [0.717, 1.165) is 5.56 Å². The third-order valence-electron chi connectivity index (χ3n) is 3.76. The molecule has 3 rings (SSSR count). The van der Waals surface area contributed by atoms with Crippen molar-refractivity contribution in [2.75, 3.05) is 7.11 Å². The van der Waals surface area contributed by atoms with Crippen molar-refractivity contribution in [2.45, 2.75) is 13.5 Å².